The minimum absolute atomic E-state index is 0.0230. The average molecular weight is 484 g/mol. The van der Waals surface area contributed by atoms with Gasteiger partial charge in [0.05, 0.1) is 22.9 Å². The van der Waals surface area contributed by atoms with Gasteiger partial charge in [0.15, 0.2) is 0 Å². The first-order valence-electron chi connectivity index (χ1n) is 11.8. The van der Waals surface area contributed by atoms with E-state index in [2.05, 4.69) is 66.3 Å². The van der Waals surface area contributed by atoms with Crippen molar-refractivity contribution in [2.24, 2.45) is 0 Å². The maximum absolute atomic E-state index is 11.8. The maximum Gasteiger partial charge on any atom is 0.339 e. The predicted octanol–water partition coefficient (Wildman–Crippen LogP) is 6.66. The van der Waals surface area contributed by atoms with Crippen LogP contribution in [0.25, 0.3) is 0 Å². The van der Waals surface area contributed by atoms with Crippen molar-refractivity contribution in [1.82, 2.24) is 4.98 Å². The molecule has 33 heavy (non-hydrogen) atoms. The van der Waals surface area contributed by atoms with E-state index in [1.54, 1.807) is 19.1 Å². The van der Waals surface area contributed by atoms with Crippen LogP contribution in [0.1, 0.15) is 80.1 Å². The van der Waals surface area contributed by atoms with Gasteiger partial charge in [0, 0.05) is 23.7 Å². The third-order valence-electron chi connectivity index (χ3n) is 5.35. The summed E-state index contributed by atoms with van der Waals surface area (Å²) < 4.78 is 11.1. The number of thioether (sulfide) groups is 2. The number of fused-ring (bicyclic) bond motifs is 1. The first kappa shape index (κ1) is 25.5. The molecule has 0 atom stereocenters. The summed E-state index contributed by atoms with van der Waals surface area (Å²) >= 11 is 4.15. The Morgan fingerprint density at radius 2 is 1.85 bits per heavy atom. The van der Waals surface area contributed by atoms with Crippen LogP contribution < -0.4 is 4.74 Å². The summed E-state index contributed by atoms with van der Waals surface area (Å²) in [6.07, 6.45) is 7.39. The van der Waals surface area contributed by atoms with Crippen LogP contribution in [0.2, 0.25) is 0 Å². The van der Waals surface area contributed by atoms with E-state index < -0.39 is 0 Å². The number of carbonyl (C=O) groups is 1. The number of benzene rings is 1. The molecule has 0 saturated heterocycles. The number of aromatic nitrogens is 1. The summed E-state index contributed by atoms with van der Waals surface area (Å²) in [5, 5.41) is 0. The summed E-state index contributed by atoms with van der Waals surface area (Å²) in [5.74, 6) is 9.31. The zero-order chi connectivity index (χ0) is 23.5. The lowest BCUT2D eigenvalue weighted by molar-refractivity contribution is 0.0526. The molecule has 2 heterocycles. The van der Waals surface area contributed by atoms with Crippen LogP contribution in [0.3, 0.4) is 0 Å². The minimum Gasteiger partial charge on any atom is -0.493 e. The first-order valence-corrected chi connectivity index (χ1v) is 13.8. The Morgan fingerprint density at radius 1 is 1.09 bits per heavy atom. The van der Waals surface area contributed by atoms with Gasteiger partial charge in [0.1, 0.15) is 11.4 Å². The van der Waals surface area contributed by atoms with Crippen molar-refractivity contribution in [3.8, 4) is 17.6 Å². The van der Waals surface area contributed by atoms with Gasteiger partial charge in [0.2, 0.25) is 0 Å². The molecular formula is C27H33NO3S2. The molecule has 0 amide bonds. The Kier molecular flexibility index (Phi) is 10.0. The van der Waals surface area contributed by atoms with Gasteiger partial charge in [-0.3, -0.25) is 0 Å². The molecule has 6 heteroatoms. The monoisotopic (exact) mass is 483 g/mol. The van der Waals surface area contributed by atoms with Crippen molar-refractivity contribution in [3.63, 3.8) is 0 Å². The molecular weight excluding hydrogens is 450 g/mol. The van der Waals surface area contributed by atoms with Gasteiger partial charge in [-0.15, -0.1) is 23.5 Å². The molecule has 1 aromatic heterocycles. The molecule has 0 unspecified atom stereocenters. The molecule has 0 saturated carbocycles. The SMILES string of the molecule is CCCCSC1(SCCCC)CCOc2ccc(C#Cc3ccc(C(=O)OCC)cn3)cc21. The average Bonchev–Trinajstić information content (AvgIpc) is 2.84. The van der Waals surface area contributed by atoms with Crippen LogP contribution in [0.15, 0.2) is 36.5 Å². The molecule has 0 fully saturated rings. The molecule has 0 radical (unpaired) electrons. The van der Waals surface area contributed by atoms with E-state index in [-0.39, 0.29) is 10.0 Å². The zero-order valence-corrected chi connectivity index (χ0v) is 21.4. The molecule has 3 rings (SSSR count). The smallest absolute Gasteiger partial charge is 0.339 e. The molecule has 0 bridgehead atoms. The van der Waals surface area contributed by atoms with Gasteiger partial charge < -0.3 is 9.47 Å². The van der Waals surface area contributed by atoms with Crippen molar-refractivity contribution in [2.45, 2.75) is 57.0 Å². The summed E-state index contributed by atoms with van der Waals surface area (Å²) in [6.45, 7) is 7.38. The third kappa shape index (κ3) is 6.94. The second-order valence-electron chi connectivity index (χ2n) is 7.87. The summed E-state index contributed by atoms with van der Waals surface area (Å²) in [4.78, 5) is 16.1. The molecule has 176 valence electrons. The van der Waals surface area contributed by atoms with E-state index in [1.807, 2.05) is 6.07 Å². The molecule has 0 aliphatic carbocycles. The van der Waals surface area contributed by atoms with Crippen LogP contribution >= 0.6 is 23.5 Å². The van der Waals surface area contributed by atoms with Gasteiger partial charge >= 0.3 is 5.97 Å². The lowest BCUT2D eigenvalue weighted by Crippen LogP contribution is -2.28. The van der Waals surface area contributed by atoms with Gasteiger partial charge in [-0.1, -0.05) is 32.6 Å². The van der Waals surface area contributed by atoms with Crippen LogP contribution in [0, 0.1) is 11.8 Å². The van der Waals surface area contributed by atoms with Gasteiger partial charge in [-0.2, -0.15) is 0 Å². The van der Waals surface area contributed by atoms with E-state index in [1.165, 1.54) is 37.4 Å². The largest absolute Gasteiger partial charge is 0.493 e. The van der Waals surface area contributed by atoms with Crippen LogP contribution in [-0.4, -0.2) is 35.7 Å². The van der Waals surface area contributed by atoms with Gasteiger partial charge in [-0.25, -0.2) is 9.78 Å². The zero-order valence-electron chi connectivity index (χ0n) is 19.8. The van der Waals surface area contributed by atoms with Crippen LogP contribution in [0.5, 0.6) is 5.75 Å². The lowest BCUT2D eigenvalue weighted by Gasteiger charge is -2.38. The number of esters is 1. The molecule has 0 N–H and O–H groups in total. The number of carbonyl (C=O) groups excluding carboxylic acids is 1. The lowest BCUT2D eigenvalue weighted by atomic mass is 10.0. The highest BCUT2D eigenvalue weighted by Gasteiger charge is 2.38. The van der Waals surface area contributed by atoms with Gasteiger partial charge in [-0.05, 0) is 67.5 Å². The van der Waals surface area contributed by atoms with E-state index in [4.69, 9.17) is 9.47 Å². The maximum atomic E-state index is 11.8. The normalized spacial score (nSPS) is 13.9. The second kappa shape index (κ2) is 13.0. The number of ether oxygens (including phenoxy) is 2. The van der Waals surface area contributed by atoms with E-state index >= 15 is 0 Å². The number of nitrogens with zero attached hydrogens (tertiary/aromatic N) is 1. The van der Waals surface area contributed by atoms with Crippen molar-refractivity contribution < 1.29 is 14.3 Å². The van der Waals surface area contributed by atoms with Crippen molar-refractivity contribution >= 4 is 29.5 Å². The third-order valence-corrected chi connectivity index (χ3v) is 8.83. The second-order valence-corrected chi connectivity index (χ2v) is 10.9. The highest BCUT2D eigenvalue weighted by atomic mass is 32.2. The molecule has 1 aromatic carbocycles. The van der Waals surface area contributed by atoms with Gasteiger partial charge in [0.25, 0.3) is 0 Å². The summed E-state index contributed by atoms with van der Waals surface area (Å²) in [7, 11) is 0. The Morgan fingerprint density at radius 3 is 2.48 bits per heavy atom. The minimum atomic E-state index is -0.364. The van der Waals surface area contributed by atoms with Crippen LogP contribution in [-0.2, 0) is 8.82 Å². The number of pyridine rings is 1. The summed E-state index contributed by atoms with van der Waals surface area (Å²) in [6, 6.07) is 9.74. The van der Waals surface area contributed by atoms with Crippen LogP contribution in [0.4, 0.5) is 0 Å². The Labute approximate surface area is 206 Å². The Bertz CT molecular complexity index is 969. The fraction of sp³-hybridized carbons (Fsp3) is 0.481. The van der Waals surface area contributed by atoms with Crippen molar-refractivity contribution in [2.75, 3.05) is 24.7 Å². The number of unbranched alkanes of at least 4 members (excludes halogenated alkanes) is 2. The van der Waals surface area contributed by atoms with Crippen molar-refractivity contribution in [3.05, 3.63) is 58.9 Å². The number of rotatable bonds is 10. The number of hydrogen-bond donors (Lipinski definition) is 0. The molecule has 4 nitrogen and oxygen atoms in total. The molecule has 0 spiro atoms. The standard InChI is InChI=1S/C27H33NO3S2/c1-4-7-17-32-27(33-18-8-5-2)15-16-31-25-14-10-21(19-24(25)27)9-12-23-13-11-22(20-28-23)26(29)30-6-3/h10-11,13-14,19-20H,4-8,15-18H2,1-3H3. The Hall–Kier alpha value is -2.10. The topological polar surface area (TPSA) is 48.4 Å². The first-order chi connectivity index (χ1) is 16.1. The molecule has 1 aliphatic rings. The van der Waals surface area contributed by atoms with Crippen molar-refractivity contribution in [1.29, 1.82) is 0 Å². The fourth-order valence-corrected chi connectivity index (χ4v) is 6.95. The quantitative estimate of drug-likeness (QED) is 0.163. The highest BCUT2D eigenvalue weighted by molar-refractivity contribution is 8.17. The molecule has 2 aromatic rings. The fourth-order valence-electron chi connectivity index (χ4n) is 3.50. The number of hydrogen-bond acceptors (Lipinski definition) is 6. The van der Waals surface area contributed by atoms with E-state index in [9.17, 15) is 4.79 Å². The van der Waals surface area contributed by atoms with E-state index in [0.29, 0.717) is 17.9 Å². The Balaban J connectivity index is 1.84. The summed E-state index contributed by atoms with van der Waals surface area (Å²) in [5.41, 5.74) is 3.27. The molecule has 1 aliphatic heterocycles. The highest BCUT2D eigenvalue weighted by Crippen LogP contribution is 2.55. The predicted molar refractivity (Wildman–Crippen MR) is 139 cm³/mol. The van der Waals surface area contributed by atoms with E-state index in [0.717, 1.165) is 35.8 Å².